The number of alkyl halides is 1. The third-order valence-electron chi connectivity index (χ3n) is 6.94. The summed E-state index contributed by atoms with van der Waals surface area (Å²) in [7, 11) is 0. The summed E-state index contributed by atoms with van der Waals surface area (Å²) >= 11 is 0. The second kappa shape index (κ2) is 8.82. The topological polar surface area (TPSA) is 96.1 Å². The van der Waals surface area contributed by atoms with Crippen LogP contribution in [0.2, 0.25) is 0 Å². The largest absolute Gasteiger partial charge is 0.454 e. The number of benzene rings is 1. The van der Waals surface area contributed by atoms with Crippen LogP contribution in [0.4, 0.5) is 8.78 Å². The summed E-state index contributed by atoms with van der Waals surface area (Å²) in [6.45, 7) is 3.07. The van der Waals surface area contributed by atoms with E-state index in [4.69, 9.17) is 9.72 Å². The van der Waals surface area contributed by atoms with E-state index >= 15 is 4.39 Å². The van der Waals surface area contributed by atoms with Crippen molar-refractivity contribution >= 4 is 5.97 Å². The number of halogens is 2. The Kier molecular flexibility index (Phi) is 5.81. The van der Waals surface area contributed by atoms with Crippen LogP contribution < -0.4 is 0 Å². The maximum atomic E-state index is 15.4. The Morgan fingerprint density at radius 3 is 2.74 bits per heavy atom. The van der Waals surface area contributed by atoms with Gasteiger partial charge in [0.1, 0.15) is 12.0 Å². The van der Waals surface area contributed by atoms with Crippen LogP contribution in [0.5, 0.6) is 0 Å². The molecule has 0 amide bonds. The molecule has 35 heavy (non-hydrogen) atoms. The highest BCUT2D eigenvalue weighted by Crippen LogP contribution is 2.49. The second-order valence-corrected chi connectivity index (χ2v) is 9.05. The Balaban J connectivity index is 1.75. The molecule has 1 aromatic carbocycles. The third kappa shape index (κ3) is 3.86. The lowest BCUT2D eigenvalue weighted by Gasteiger charge is -2.31. The number of hydrogen-bond acceptors (Lipinski definition) is 6. The van der Waals surface area contributed by atoms with Gasteiger partial charge in [0, 0.05) is 48.5 Å². The van der Waals surface area contributed by atoms with E-state index in [2.05, 4.69) is 4.98 Å². The number of aryl methyl sites for hydroxylation is 1. The van der Waals surface area contributed by atoms with Gasteiger partial charge in [-0.25, -0.2) is 8.78 Å². The standard InChI is InChI=1S/C27H23F2N3O3/c1-13-17(4-3-7-31-13)26-25-19(10-22(29)27(25)35-14(2)33)21(12-32-26)18-5-6-23(34)20-9-16(28)8-15(11-30)24(18)20/h3-4,7-9,12,18,22-23,27,34H,5-6,10H2,1-2H3/t18-,22-,23-,27-/m1/s1. The molecule has 6 nitrogen and oxygen atoms in total. The minimum Gasteiger partial charge on any atom is -0.454 e. The first-order valence-electron chi connectivity index (χ1n) is 11.5. The van der Waals surface area contributed by atoms with Gasteiger partial charge in [-0.1, -0.05) is 0 Å². The number of fused-ring (bicyclic) bond motifs is 2. The molecule has 0 aliphatic heterocycles. The van der Waals surface area contributed by atoms with Crippen molar-refractivity contribution in [2.75, 3.05) is 0 Å². The normalized spacial score (nSPS) is 22.7. The zero-order chi connectivity index (χ0) is 24.9. The third-order valence-corrected chi connectivity index (χ3v) is 6.94. The van der Waals surface area contributed by atoms with Gasteiger partial charge in [-0.15, -0.1) is 0 Å². The predicted octanol–water partition coefficient (Wildman–Crippen LogP) is 4.92. The second-order valence-electron chi connectivity index (χ2n) is 9.05. The summed E-state index contributed by atoms with van der Waals surface area (Å²) in [5, 5.41) is 20.3. The Morgan fingerprint density at radius 2 is 2.03 bits per heavy atom. The number of aliphatic hydroxyl groups is 1. The lowest BCUT2D eigenvalue weighted by molar-refractivity contribution is -0.149. The summed E-state index contributed by atoms with van der Waals surface area (Å²) < 4.78 is 35.0. The highest BCUT2D eigenvalue weighted by atomic mass is 19.1. The maximum Gasteiger partial charge on any atom is 0.303 e. The van der Waals surface area contributed by atoms with Crippen molar-refractivity contribution in [3.63, 3.8) is 0 Å². The van der Waals surface area contributed by atoms with E-state index < -0.39 is 36.1 Å². The van der Waals surface area contributed by atoms with E-state index in [1.165, 1.54) is 13.0 Å². The van der Waals surface area contributed by atoms with Crippen molar-refractivity contribution in [3.05, 3.63) is 81.6 Å². The summed E-state index contributed by atoms with van der Waals surface area (Å²) in [5.74, 6) is -1.58. The first-order valence-corrected chi connectivity index (χ1v) is 11.5. The zero-order valence-corrected chi connectivity index (χ0v) is 19.3. The number of ether oxygens (including phenoxy) is 1. The van der Waals surface area contributed by atoms with Crippen molar-refractivity contribution in [2.45, 2.75) is 57.4 Å². The number of nitriles is 1. The van der Waals surface area contributed by atoms with E-state index in [1.54, 1.807) is 18.5 Å². The summed E-state index contributed by atoms with van der Waals surface area (Å²) in [4.78, 5) is 20.9. The van der Waals surface area contributed by atoms with E-state index in [1.807, 2.05) is 19.1 Å². The molecule has 0 unspecified atom stereocenters. The summed E-state index contributed by atoms with van der Waals surface area (Å²) in [6, 6.07) is 8.06. The lowest BCUT2D eigenvalue weighted by Crippen LogP contribution is -2.19. The van der Waals surface area contributed by atoms with Crippen LogP contribution in [0.25, 0.3) is 11.3 Å². The molecule has 2 aliphatic rings. The number of aliphatic hydroxyl groups excluding tert-OH is 1. The predicted molar refractivity (Wildman–Crippen MR) is 122 cm³/mol. The van der Waals surface area contributed by atoms with Crippen LogP contribution in [0.3, 0.4) is 0 Å². The molecule has 8 heteroatoms. The number of nitrogens with zero attached hydrogens (tertiary/aromatic N) is 3. The van der Waals surface area contributed by atoms with E-state index in [0.29, 0.717) is 57.6 Å². The van der Waals surface area contributed by atoms with Gasteiger partial charge >= 0.3 is 5.97 Å². The van der Waals surface area contributed by atoms with E-state index in [9.17, 15) is 19.6 Å². The molecule has 2 heterocycles. The van der Waals surface area contributed by atoms with Gasteiger partial charge in [0.15, 0.2) is 6.10 Å². The molecular formula is C27H23F2N3O3. The first kappa shape index (κ1) is 23.1. The summed E-state index contributed by atoms with van der Waals surface area (Å²) in [6.07, 6.45) is 0.674. The van der Waals surface area contributed by atoms with Crippen molar-refractivity contribution in [3.8, 4) is 17.3 Å². The average molecular weight is 475 g/mol. The van der Waals surface area contributed by atoms with Crippen LogP contribution in [-0.4, -0.2) is 27.2 Å². The Labute approximate surface area is 201 Å². The monoisotopic (exact) mass is 475 g/mol. The SMILES string of the molecule is CC(=O)O[C@H]1c2c(-c3cccnc3C)ncc([C@H]3CC[C@@H](O)c4cc(F)cc(C#N)c43)c2C[C@H]1F. The molecular weight excluding hydrogens is 452 g/mol. The molecule has 0 spiro atoms. The van der Waals surface area contributed by atoms with Gasteiger partial charge in [-0.2, -0.15) is 5.26 Å². The minimum atomic E-state index is -1.47. The molecule has 0 fully saturated rings. The van der Waals surface area contributed by atoms with E-state index in [-0.39, 0.29) is 12.0 Å². The van der Waals surface area contributed by atoms with Crippen LogP contribution in [-0.2, 0) is 16.0 Å². The van der Waals surface area contributed by atoms with Crippen LogP contribution in [0, 0.1) is 24.1 Å². The molecule has 0 saturated carbocycles. The van der Waals surface area contributed by atoms with Crippen LogP contribution >= 0.6 is 0 Å². The molecule has 1 N–H and O–H groups in total. The van der Waals surface area contributed by atoms with Gasteiger partial charge in [0.25, 0.3) is 0 Å². The molecule has 2 aliphatic carbocycles. The molecule has 0 bridgehead atoms. The van der Waals surface area contributed by atoms with Gasteiger partial charge < -0.3 is 9.84 Å². The Hall–Kier alpha value is -3.70. The van der Waals surface area contributed by atoms with Crippen molar-refractivity contribution < 1.29 is 23.4 Å². The number of aromatic nitrogens is 2. The van der Waals surface area contributed by atoms with Crippen molar-refractivity contribution in [1.82, 2.24) is 9.97 Å². The molecule has 0 saturated heterocycles. The zero-order valence-electron chi connectivity index (χ0n) is 19.3. The Morgan fingerprint density at radius 1 is 1.23 bits per heavy atom. The number of carbonyl (C=O) groups is 1. The fourth-order valence-corrected chi connectivity index (χ4v) is 5.49. The highest BCUT2D eigenvalue weighted by Gasteiger charge is 2.42. The fraction of sp³-hybridized carbons (Fsp3) is 0.333. The van der Waals surface area contributed by atoms with Gasteiger partial charge in [0.05, 0.1) is 23.4 Å². The molecule has 4 atom stereocenters. The number of rotatable bonds is 3. The maximum absolute atomic E-state index is 15.4. The van der Waals surface area contributed by atoms with Gasteiger partial charge in [-0.05, 0) is 66.3 Å². The fourth-order valence-electron chi connectivity index (χ4n) is 5.49. The molecule has 178 valence electrons. The first-order chi connectivity index (χ1) is 16.8. The molecule has 2 aromatic heterocycles. The quantitative estimate of drug-likeness (QED) is 0.540. The lowest BCUT2D eigenvalue weighted by atomic mass is 9.74. The molecule has 5 rings (SSSR count). The number of pyridine rings is 2. The molecule has 3 aromatic rings. The van der Waals surface area contributed by atoms with Gasteiger partial charge in [0.2, 0.25) is 0 Å². The number of carbonyl (C=O) groups excluding carboxylic acids is 1. The van der Waals surface area contributed by atoms with Crippen molar-refractivity contribution in [2.24, 2.45) is 0 Å². The smallest absolute Gasteiger partial charge is 0.303 e. The highest BCUT2D eigenvalue weighted by molar-refractivity contribution is 5.72. The van der Waals surface area contributed by atoms with Crippen molar-refractivity contribution in [1.29, 1.82) is 5.26 Å². The van der Waals surface area contributed by atoms with Gasteiger partial charge in [-0.3, -0.25) is 14.8 Å². The van der Waals surface area contributed by atoms with Crippen LogP contribution in [0.15, 0.2) is 36.7 Å². The average Bonchev–Trinajstić information content (AvgIpc) is 3.14. The van der Waals surface area contributed by atoms with Crippen LogP contribution in [0.1, 0.15) is 77.0 Å². The Bertz CT molecular complexity index is 1380. The number of hydrogen-bond donors (Lipinski definition) is 1. The molecule has 0 radical (unpaired) electrons. The minimum absolute atomic E-state index is 0.00884. The number of esters is 1. The summed E-state index contributed by atoms with van der Waals surface area (Å²) in [5.41, 5.74) is 4.80. The van der Waals surface area contributed by atoms with E-state index in [0.717, 1.165) is 6.07 Å².